The first kappa shape index (κ1) is 10.8. The molecular weight excluding hydrogens is 204 g/mol. The van der Waals surface area contributed by atoms with Crippen molar-refractivity contribution in [2.75, 3.05) is 0 Å². The van der Waals surface area contributed by atoms with E-state index in [2.05, 4.69) is 69.3 Å². The zero-order valence-corrected chi connectivity index (χ0v) is 10.9. The average Bonchev–Trinajstić information content (AvgIpc) is 2.37. The lowest BCUT2D eigenvalue weighted by Crippen LogP contribution is -2.40. The zero-order valence-electron chi connectivity index (χ0n) is 10.9. The monoisotopic (exact) mass is 224 g/mol. The van der Waals surface area contributed by atoms with E-state index in [1.54, 1.807) is 5.56 Å². The van der Waals surface area contributed by atoms with Crippen LogP contribution >= 0.6 is 0 Å². The Hall–Kier alpha value is -1.30. The number of hydrogen-bond donors (Lipinski definition) is 0. The summed E-state index contributed by atoms with van der Waals surface area (Å²) in [6.07, 6.45) is 9.22. The smallest absolute Gasteiger partial charge is 0.00320 e. The van der Waals surface area contributed by atoms with Gasteiger partial charge in [-0.1, -0.05) is 69.3 Å². The van der Waals surface area contributed by atoms with E-state index in [0.717, 1.165) is 0 Å². The van der Waals surface area contributed by atoms with E-state index >= 15 is 0 Å². The van der Waals surface area contributed by atoms with Crippen molar-refractivity contribution in [2.45, 2.75) is 32.1 Å². The molecule has 0 radical (unpaired) electrons. The lowest BCUT2D eigenvalue weighted by molar-refractivity contribution is 0.249. The van der Waals surface area contributed by atoms with Crippen LogP contribution < -0.4 is 0 Å². The second-order valence-corrected chi connectivity index (χ2v) is 5.97. The minimum Gasteiger partial charge on any atom is -0.0802 e. The van der Waals surface area contributed by atoms with Crippen molar-refractivity contribution in [1.82, 2.24) is 0 Å². The van der Waals surface area contributed by atoms with Crippen LogP contribution in [0, 0.1) is 11.8 Å². The predicted molar refractivity (Wildman–Crippen MR) is 73.1 cm³/mol. The quantitative estimate of drug-likeness (QED) is 0.611. The van der Waals surface area contributed by atoms with Crippen LogP contribution in [-0.2, 0) is 5.41 Å². The maximum Gasteiger partial charge on any atom is -0.00320 e. The van der Waals surface area contributed by atoms with Crippen molar-refractivity contribution in [3.05, 3.63) is 59.7 Å². The third-order valence-corrected chi connectivity index (χ3v) is 4.73. The fourth-order valence-corrected chi connectivity index (χ4v) is 3.69. The molecule has 0 N–H and O–H groups in total. The van der Waals surface area contributed by atoms with Crippen molar-refractivity contribution in [1.29, 1.82) is 0 Å². The average molecular weight is 224 g/mol. The number of hydrogen-bond acceptors (Lipinski definition) is 0. The van der Waals surface area contributed by atoms with Crippen molar-refractivity contribution in [3.63, 3.8) is 0 Å². The van der Waals surface area contributed by atoms with Crippen molar-refractivity contribution >= 4 is 0 Å². The lowest BCUT2D eigenvalue weighted by Gasteiger charge is -2.47. The van der Waals surface area contributed by atoms with E-state index in [-0.39, 0.29) is 5.41 Å². The molecule has 17 heavy (non-hydrogen) atoms. The molecule has 0 heteroatoms. The summed E-state index contributed by atoms with van der Waals surface area (Å²) < 4.78 is 0. The molecule has 2 aliphatic carbocycles. The van der Waals surface area contributed by atoms with Crippen LogP contribution in [0.3, 0.4) is 0 Å². The molecule has 0 bridgehead atoms. The first-order valence-electron chi connectivity index (χ1n) is 6.57. The highest BCUT2D eigenvalue weighted by atomic mass is 14.5. The molecule has 0 fully saturated rings. The Morgan fingerprint density at radius 2 is 1.71 bits per heavy atom. The van der Waals surface area contributed by atoms with Gasteiger partial charge in [-0.25, -0.2) is 0 Å². The third-order valence-electron chi connectivity index (χ3n) is 4.73. The van der Waals surface area contributed by atoms with Crippen LogP contribution in [0.4, 0.5) is 0 Å². The third kappa shape index (κ3) is 1.43. The van der Waals surface area contributed by atoms with E-state index in [1.807, 2.05) is 0 Å². The topological polar surface area (TPSA) is 0 Å². The molecular formula is C17H20. The Morgan fingerprint density at radius 1 is 1.00 bits per heavy atom. The Balaban J connectivity index is 2.21. The highest BCUT2D eigenvalue weighted by molar-refractivity contribution is 5.43. The fourth-order valence-electron chi connectivity index (χ4n) is 3.69. The van der Waals surface area contributed by atoms with Gasteiger partial charge in [0, 0.05) is 0 Å². The molecule has 0 aromatic heterocycles. The standard InChI is InChI=1S/C17H20/c1-12-13-8-4-6-10-15(13)17(2,3)16-11-7-5-9-14(12)16/h4-13,15H,1-3H3. The van der Waals surface area contributed by atoms with Gasteiger partial charge in [-0.05, 0) is 34.3 Å². The van der Waals surface area contributed by atoms with E-state index in [9.17, 15) is 0 Å². The predicted octanol–water partition coefficient (Wildman–Crippen LogP) is 4.44. The Morgan fingerprint density at radius 3 is 2.53 bits per heavy atom. The van der Waals surface area contributed by atoms with Gasteiger partial charge in [0.1, 0.15) is 0 Å². The van der Waals surface area contributed by atoms with Crippen LogP contribution in [0.25, 0.3) is 0 Å². The van der Waals surface area contributed by atoms with Crippen LogP contribution in [0.5, 0.6) is 0 Å². The van der Waals surface area contributed by atoms with Gasteiger partial charge in [0.05, 0.1) is 0 Å². The number of fused-ring (bicyclic) bond motifs is 2. The van der Waals surface area contributed by atoms with Crippen LogP contribution in [0.2, 0.25) is 0 Å². The second kappa shape index (κ2) is 3.60. The summed E-state index contributed by atoms with van der Waals surface area (Å²) in [6.45, 7) is 7.15. The summed E-state index contributed by atoms with van der Waals surface area (Å²) in [5.74, 6) is 1.92. The molecule has 3 atom stereocenters. The van der Waals surface area contributed by atoms with Gasteiger partial charge in [0.2, 0.25) is 0 Å². The highest BCUT2D eigenvalue weighted by Gasteiger charge is 2.43. The van der Waals surface area contributed by atoms with Crippen molar-refractivity contribution < 1.29 is 0 Å². The summed E-state index contributed by atoms with van der Waals surface area (Å²) >= 11 is 0. The number of allylic oxidation sites excluding steroid dienone is 4. The van der Waals surface area contributed by atoms with Gasteiger partial charge in [0.25, 0.3) is 0 Å². The summed E-state index contributed by atoms with van der Waals surface area (Å²) in [6, 6.07) is 8.97. The van der Waals surface area contributed by atoms with Gasteiger partial charge in [0.15, 0.2) is 0 Å². The number of benzene rings is 1. The minimum absolute atomic E-state index is 0.245. The molecule has 0 aliphatic heterocycles. The van der Waals surface area contributed by atoms with E-state index in [0.29, 0.717) is 17.8 Å². The summed E-state index contributed by atoms with van der Waals surface area (Å²) in [7, 11) is 0. The first-order valence-corrected chi connectivity index (χ1v) is 6.57. The molecule has 3 rings (SSSR count). The van der Waals surface area contributed by atoms with Gasteiger partial charge < -0.3 is 0 Å². The Bertz CT molecular complexity index is 491. The van der Waals surface area contributed by atoms with Gasteiger partial charge in [-0.15, -0.1) is 0 Å². The molecule has 2 aliphatic rings. The van der Waals surface area contributed by atoms with Crippen molar-refractivity contribution in [3.8, 4) is 0 Å². The van der Waals surface area contributed by atoms with Gasteiger partial charge >= 0.3 is 0 Å². The molecule has 3 unspecified atom stereocenters. The maximum absolute atomic E-state index is 2.40. The van der Waals surface area contributed by atoms with Crippen LogP contribution in [0.15, 0.2) is 48.6 Å². The van der Waals surface area contributed by atoms with E-state index < -0.39 is 0 Å². The fraction of sp³-hybridized carbons (Fsp3) is 0.412. The Labute approximate surface area is 104 Å². The first-order chi connectivity index (χ1) is 8.12. The minimum atomic E-state index is 0.245. The van der Waals surface area contributed by atoms with E-state index in [1.165, 1.54) is 5.56 Å². The molecule has 0 nitrogen and oxygen atoms in total. The van der Waals surface area contributed by atoms with Gasteiger partial charge in [-0.2, -0.15) is 0 Å². The molecule has 0 spiro atoms. The second-order valence-electron chi connectivity index (χ2n) is 5.97. The zero-order chi connectivity index (χ0) is 12.0. The van der Waals surface area contributed by atoms with Crippen LogP contribution in [0.1, 0.15) is 37.8 Å². The molecule has 88 valence electrons. The van der Waals surface area contributed by atoms with Crippen LogP contribution in [-0.4, -0.2) is 0 Å². The van der Waals surface area contributed by atoms with E-state index in [4.69, 9.17) is 0 Å². The largest absolute Gasteiger partial charge is 0.0802 e. The SMILES string of the molecule is CC1c2ccccc2C(C)(C)C2C=CC=CC12. The normalized spacial score (nSPS) is 33.0. The highest BCUT2D eigenvalue weighted by Crippen LogP contribution is 2.51. The Kier molecular flexibility index (Phi) is 2.29. The molecule has 0 heterocycles. The molecule has 0 amide bonds. The maximum atomic E-state index is 2.40. The lowest BCUT2D eigenvalue weighted by atomic mass is 9.57. The summed E-state index contributed by atoms with van der Waals surface area (Å²) in [5.41, 5.74) is 3.32. The van der Waals surface area contributed by atoms with Gasteiger partial charge in [-0.3, -0.25) is 0 Å². The summed E-state index contributed by atoms with van der Waals surface area (Å²) in [5, 5.41) is 0. The molecule has 1 aromatic carbocycles. The number of rotatable bonds is 0. The van der Waals surface area contributed by atoms with Crippen molar-refractivity contribution in [2.24, 2.45) is 11.8 Å². The molecule has 1 aromatic rings. The molecule has 0 saturated carbocycles. The summed E-state index contributed by atoms with van der Waals surface area (Å²) in [4.78, 5) is 0. The molecule has 0 saturated heterocycles.